The molecule has 16 heavy (non-hydrogen) atoms. The molecular weight excluding hydrogens is 264 g/mol. The largest absolute Gasteiger partial charge is 0.397 e. The molecule has 3 N–H and O–H groups in total. The predicted octanol–water partition coefficient (Wildman–Crippen LogP) is 3.88. The van der Waals surface area contributed by atoms with E-state index < -0.39 is 0 Å². The summed E-state index contributed by atoms with van der Waals surface area (Å²) in [5.74, 6) is 1.54. The van der Waals surface area contributed by atoms with Gasteiger partial charge in [0, 0.05) is 10.5 Å². The van der Waals surface area contributed by atoms with Gasteiger partial charge < -0.3 is 11.1 Å². The number of nitrogens with one attached hydrogen (secondary N) is 1. The fourth-order valence-electron chi connectivity index (χ4n) is 2.43. The second-order valence-electron chi connectivity index (χ2n) is 4.90. The van der Waals surface area contributed by atoms with Crippen LogP contribution in [0.4, 0.5) is 11.4 Å². The number of nitrogen functional groups attached to an aromatic ring is 1. The molecule has 88 valence electrons. The summed E-state index contributed by atoms with van der Waals surface area (Å²) in [5, 5.41) is 3.57. The average Bonchev–Trinajstić information content (AvgIpc) is 2.54. The highest BCUT2D eigenvalue weighted by Gasteiger charge is 2.29. The van der Waals surface area contributed by atoms with Crippen LogP contribution >= 0.6 is 15.9 Å². The lowest BCUT2D eigenvalue weighted by Crippen LogP contribution is -2.24. The van der Waals surface area contributed by atoms with Crippen LogP contribution in [0.3, 0.4) is 0 Å². The van der Waals surface area contributed by atoms with Crippen LogP contribution in [0.15, 0.2) is 22.7 Å². The Bertz CT molecular complexity index is 378. The number of nitrogens with two attached hydrogens (primary N) is 1. The van der Waals surface area contributed by atoms with Crippen molar-refractivity contribution in [2.75, 3.05) is 11.1 Å². The van der Waals surface area contributed by atoms with E-state index in [0.717, 1.165) is 27.7 Å². The standard InChI is InChI=1S/C13H19BrN2/c1-8-3-5-12(9(8)2)16-13-6-4-10(14)7-11(13)15/h4,6-9,12,16H,3,5,15H2,1-2H3. The molecule has 1 aliphatic carbocycles. The van der Waals surface area contributed by atoms with Crippen molar-refractivity contribution in [1.82, 2.24) is 0 Å². The van der Waals surface area contributed by atoms with Crippen molar-refractivity contribution in [1.29, 1.82) is 0 Å². The van der Waals surface area contributed by atoms with Gasteiger partial charge in [-0.15, -0.1) is 0 Å². The molecule has 1 aromatic carbocycles. The Balaban J connectivity index is 2.09. The maximum Gasteiger partial charge on any atom is 0.0576 e. The van der Waals surface area contributed by atoms with Crippen molar-refractivity contribution in [2.24, 2.45) is 11.8 Å². The Kier molecular flexibility index (Phi) is 3.43. The molecule has 3 unspecified atom stereocenters. The summed E-state index contributed by atoms with van der Waals surface area (Å²) < 4.78 is 1.03. The fourth-order valence-corrected chi connectivity index (χ4v) is 2.81. The van der Waals surface area contributed by atoms with Crippen molar-refractivity contribution in [3.63, 3.8) is 0 Å². The third kappa shape index (κ3) is 2.34. The minimum Gasteiger partial charge on any atom is -0.397 e. The van der Waals surface area contributed by atoms with E-state index in [1.165, 1.54) is 12.8 Å². The van der Waals surface area contributed by atoms with Crippen LogP contribution in [0.2, 0.25) is 0 Å². The molecule has 0 aliphatic heterocycles. The van der Waals surface area contributed by atoms with Crippen molar-refractivity contribution < 1.29 is 0 Å². The van der Waals surface area contributed by atoms with Crippen LogP contribution in [0.5, 0.6) is 0 Å². The van der Waals surface area contributed by atoms with Gasteiger partial charge in [-0.1, -0.05) is 29.8 Å². The number of anilines is 2. The quantitative estimate of drug-likeness (QED) is 0.808. The monoisotopic (exact) mass is 282 g/mol. The molecule has 0 bridgehead atoms. The van der Waals surface area contributed by atoms with Crippen LogP contribution in [0.1, 0.15) is 26.7 Å². The molecule has 1 fully saturated rings. The molecule has 1 aliphatic rings. The first kappa shape index (κ1) is 11.8. The van der Waals surface area contributed by atoms with Crippen LogP contribution in [-0.2, 0) is 0 Å². The van der Waals surface area contributed by atoms with Gasteiger partial charge in [0.2, 0.25) is 0 Å². The molecule has 0 amide bonds. The Morgan fingerprint density at radius 1 is 1.31 bits per heavy atom. The summed E-state index contributed by atoms with van der Waals surface area (Å²) in [6.45, 7) is 4.65. The maximum atomic E-state index is 5.99. The number of benzene rings is 1. The van der Waals surface area contributed by atoms with Gasteiger partial charge in [-0.05, 0) is 42.9 Å². The fraction of sp³-hybridized carbons (Fsp3) is 0.538. The zero-order valence-electron chi connectivity index (χ0n) is 9.83. The third-order valence-corrected chi connectivity index (χ3v) is 4.31. The van der Waals surface area contributed by atoms with Gasteiger partial charge in [-0.25, -0.2) is 0 Å². The van der Waals surface area contributed by atoms with E-state index >= 15 is 0 Å². The highest BCUT2D eigenvalue weighted by molar-refractivity contribution is 9.10. The maximum absolute atomic E-state index is 5.99. The third-order valence-electron chi connectivity index (χ3n) is 3.82. The summed E-state index contributed by atoms with van der Waals surface area (Å²) in [4.78, 5) is 0. The molecule has 2 rings (SSSR count). The summed E-state index contributed by atoms with van der Waals surface area (Å²) in [6, 6.07) is 6.60. The van der Waals surface area contributed by atoms with Crippen LogP contribution in [0, 0.1) is 11.8 Å². The lowest BCUT2D eigenvalue weighted by atomic mass is 9.97. The molecule has 3 atom stereocenters. The average molecular weight is 283 g/mol. The second-order valence-corrected chi connectivity index (χ2v) is 5.81. The molecule has 0 heterocycles. The first-order valence-corrected chi connectivity index (χ1v) is 6.69. The molecule has 0 saturated heterocycles. The summed E-state index contributed by atoms with van der Waals surface area (Å²) >= 11 is 3.42. The molecule has 0 aromatic heterocycles. The number of hydrogen-bond acceptors (Lipinski definition) is 2. The Morgan fingerprint density at radius 2 is 2.06 bits per heavy atom. The summed E-state index contributed by atoms with van der Waals surface area (Å²) in [6.07, 6.45) is 2.56. The Hall–Kier alpha value is -0.700. The van der Waals surface area contributed by atoms with Gasteiger partial charge in [0.15, 0.2) is 0 Å². The Labute approximate surface area is 106 Å². The normalized spacial score (nSPS) is 29.3. The van der Waals surface area contributed by atoms with E-state index in [1.54, 1.807) is 0 Å². The van der Waals surface area contributed by atoms with Crippen LogP contribution < -0.4 is 11.1 Å². The van der Waals surface area contributed by atoms with Gasteiger partial charge in [0.1, 0.15) is 0 Å². The summed E-state index contributed by atoms with van der Waals surface area (Å²) in [5.41, 5.74) is 7.87. The van der Waals surface area contributed by atoms with Gasteiger partial charge in [-0.2, -0.15) is 0 Å². The van der Waals surface area contributed by atoms with Crippen LogP contribution in [0.25, 0.3) is 0 Å². The summed E-state index contributed by atoms with van der Waals surface area (Å²) in [7, 11) is 0. The highest BCUT2D eigenvalue weighted by atomic mass is 79.9. The first-order valence-electron chi connectivity index (χ1n) is 5.89. The Morgan fingerprint density at radius 3 is 2.62 bits per heavy atom. The molecule has 3 heteroatoms. The number of hydrogen-bond donors (Lipinski definition) is 2. The van der Waals surface area contributed by atoms with Crippen molar-refractivity contribution in [3.05, 3.63) is 22.7 Å². The topological polar surface area (TPSA) is 38.0 Å². The van der Waals surface area contributed by atoms with Crippen molar-refractivity contribution in [3.8, 4) is 0 Å². The molecular formula is C13H19BrN2. The number of rotatable bonds is 2. The molecule has 0 spiro atoms. The van der Waals surface area contributed by atoms with E-state index in [9.17, 15) is 0 Å². The van der Waals surface area contributed by atoms with Crippen molar-refractivity contribution >= 4 is 27.3 Å². The lowest BCUT2D eigenvalue weighted by Gasteiger charge is -2.21. The van der Waals surface area contributed by atoms with E-state index in [4.69, 9.17) is 5.73 Å². The molecule has 1 saturated carbocycles. The minimum absolute atomic E-state index is 0.568. The van der Waals surface area contributed by atoms with Gasteiger partial charge >= 0.3 is 0 Å². The van der Waals surface area contributed by atoms with Gasteiger partial charge in [0.05, 0.1) is 11.4 Å². The lowest BCUT2D eigenvalue weighted by molar-refractivity contribution is 0.435. The molecule has 1 aromatic rings. The number of halogens is 1. The minimum atomic E-state index is 0.568. The smallest absolute Gasteiger partial charge is 0.0576 e. The predicted molar refractivity (Wildman–Crippen MR) is 73.5 cm³/mol. The molecule has 2 nitrogen and oxygen atoms in total. The van der Waals surface area contributed by atoms with Crippen molar-refractivity contribution in [2.45, 2.75) is 32.7 Å². The van der Waals surface area contributed by atoms with E-state index in [-0.39, 0.29) is 0 Å². The van der Waals surface area contributed by atoms with Crippen LogP contribution in [-0.4, -0.2) is 6.04 Å². The van der Waals surface area contributed by atoms with Gasteiger partial charge in [-0.3, -0.25) is 0 Å². The highest BCUT2D eigenvalue weighted by Crippen LogP contribution is 2.34. The van der Waals surface area contributed by atoms with Gasteiger partial charge in [0.25, 0.3) is 0 Å². The SMILES string of the molecule is CC1CCC(Nc2ccc(Br)cc2N)C1C. The zero-order chi connectivity index (χ0) is 11.7. The van der Waals surface area contributed by atoms with E-state index in [0.29, 0.717) is 6.04 Å². The van der Waals surface area contributed by atoms with E-state index in [2.05, 4.69) is 41.2 Å². The second kappa shape index (κ2) is 4.66. The zero-order valence-corrected chi connectivity index (χ0v) is 11.4. The first-order chi connectivity index (χ1) is 7.58. The molecule has 0 radical (unpaired) electrons. The van der Waals surface area contributed by atoms with E-state index in [1.807, 2.05) is 12.1 Å².